The predicted octanol–water partition coefficient (Wildman–Crippen LogP) is 2.93. The van der Waals surface area contributed by atoms with E-state index < -0.39 is 0 Å². The van der Waals surface area contributed by atoms with Crippen molar-refractivity contribution in [1.29, 1.82) is 0 Å². The lowest BCUT2D eigenvalue weighted by Crippen LogP contribution is -2.47. The van der Waals surface area contributed by atoms with Crippen molar-refractivity contribution in [2.45, 2.75) is 32.4 Å². The number of amides is 2. The normalized spacial score (nSPS) is 17.9. The molecule has 0 radical (unpaired) electrons. The molecule has 3 heterocycles. The molecule has 1 saturated heterocycles. The maximum Gasteiger partial charge on any atom is 0.330 e. The number of fused-ring (bicyclic) bond motifs is 1. The van der Waals surface area contributed by atoms with E-state index in [0.717, 1.165) is 24.4 Å². The van der Waals surface area contributed by atoms with Crippen LogP contribution < -0.4 is 0 Å². The van der Waals surface area contributed by atoms with Crippen molar-refractivity contribution in [3.63, 3.8) is 0 Å². The summed E-state index contributed by atoms with van der Waals surface area (Å²) in [5, 5.41) is 0.622. The van der Waals surface area contributed by atoms with E-state index in [1.165, 1.54) is 0 Å². The minimum Gasteiger partial charge on any atom is -0.338 e. The molecule has 0 spiro atoms. The zero-order valence-corrected chi connectivity index (χ0v) is 14.7. The first kappa shape index (κ1) is 16.1. The van der Waals surface area contributed by atoms with Gasteiger partial charge in [0.25, 0.3) is 5.91 Å². The molecule has 0 atom stereocenters. The number of rotatable bonds is 2. The molecule has 0 aliphatic carbocycles. The van der Waals surface area contributed by atoms with Gasteiger partial charge in [0.1, 0.15) is 5.82 Å². The summed E-state index contributed by atoms with van der Waals surface area (Å²) in [6.07, 6.45) is 3.36. The highest BCUT2D eigenvalue weighted by Crippen LogP contribution is 2.26. The fourth-order valence-corrected chi connectivity index (χ4v) is 3.80. The van der Waals surface area contributed by atoms with Crippen LogP contribution in [0.1, 0.15) is 34.7 Å². The number of hydrogen-bond acceptors (Lipinski definition) is 3. The molecule has 25 heavy (non-hydrogen) atoms. The fraction of sp³-hybridized carbons (Fsp3) is 0.389. The largest absolute Gasteiger partial charge is 0.338 e. The van der Waals surface area contributed by atoms with Crippen LogP contribution >= 0.6 is 11.6 Å². The molecule has 0 N–H and O–H groups in total. The maximum absolute atomic E-state index is 12.6. The molecule has 2 aliphatic rings. The lowest BCUT2D eigenvalue weighted by Gasteiger charge is -2.36. The Kier molecular flexibility index (Phi) is 4.00. The minimum atomic E-state index is 0.00692. The molecule has 4 rings (SSSR count). The van der Waals surface area contributed by atoms with Crippen LogP contribution in [0.15, 0.2) is 30.5 Å². The predicted molar refractivity (Wildman–Crippen MR) is 93.7 cm³/mol. The summed E-state index contributed by atoms with van der Waals surface area (Å²) >= 11 is 5.88. The summed E-state index contributed by atoms with van der Waals surface area (Å²) in [5.74, 6) is 0.757. The van der Waals surface area contributed by atoms with Gasteiger partial charge in [0.15, 0.2) is 0 Å². The van der Waals surface area contributed by atoms with Crippen molar-refractivity contribution in [3.05, 3.63) is 52.6 Å². The SMILES string of the molecule is Cc1ncc2n1C(=O)N(C1CCN(C(=O)c3ccc(Cl)cc3)CC1)C2. The van der Waals surface area contributed by atoms with Crippen LogP contribution in [0.3, 0.4) is 0 Å². The maximum atomic E-state index is 12.6. The van der Waals surface area contributed by atoms with Crippen molar-refractivity contribution >= 4 is 23.5 Å². The third-order valence-electron chi connectivity index (χ3n) is 5.06. The average Bonchev–Trinajstić information content (AvgIpc) is 3.15. The van der Waals surface area contributed by atoms with Gasteiger partial charge in [-0.1, -0.05) is 11.6 Å². The van der Waals surface area contributed by atoms with Crippen LogP contribution in [-0.2, 0) is 6.54 Å². The first-order valence-electron chi connectivity index (χ1n) is 8.43. The molecule has 2 amide bonds. The van der Waals surface area contributed by atoms with Crippen LogP contribution in [0.5, 0.6) is 0 Å². The van der Waals surface area contributed by atoms with E-state index in [1.807, 2.05) is 16.7 Å². The minimum absolute atomic E-state index is 0.00692. The summed E-state index contributed by atoms with van der Waals surface area (Å²) in [6, 6.07) is 7.14. The Morgan fingerprint density at radius 3 is 2.52 bits per heavy atom. The van der Waals surface area contributed by atoms with E-state index >= 15 is 0 Å². The molecule has 1 fully saturated rings. The molecule has 1 aromatic heterocycles. The monoisotopic (exact) mass is 358 g/mol. The first-order chi connectivity index (χ1) is 12.0. The fourth-order valence-electron chi connectivity index (χ4n) is 3.68. The number of benzene rings is 1. The number of hydrogen-bond donors (Lipinski definition) is 0. The van der Waals surface area contributed by atoms with Crippen molar-refractivity contribution in [2.24, 2.45) is 0 Å². The van der Waals surface area contributed by atoms with Gasteiger partial charge in [-0.3, -0.25) is 9.36 Å². The first-order valence-corrected chi connectivity index (χ1v) is 8.81. The van der Waals surface area contributed by atoms with Crippen LogP contribution in [-0.4, -0.2) is 50.4 Å². The third kappa shape index (κ3) is 2.80. The highest BCUT2D eigenvalue weighted by atomic mass is 35.5. The number of carbonyl (C=O) groups excluding carboxylic acids is 2. The number of imidazole rings is 1. The van der Waals surface area contributed by atoms with Gasteiger partial charge < -0.3 is 9.80 Å². The lowest BCUT2D eigenvalue weighted by atomic mass is 10.0. The number of piperidine rings is 1. The molecular formula is C18H19ClN4O2. The Morgan fingerprint density at radius 1 is 1.20 bits per heavy atom. The van der Waals surface area contributed by atoms with Crippen LogP contribution in [0.4, 0.5) is 4.79 Å². The van der Waals surface area contributed by atoms with Crippen molar-refractivity contribution in [3.8, 4) is 0 Å². The van der Waals surface area contributed by atoms with Gasteiger partial charge >= 0.3 is 6.03 Å². The second kappa shape index (κ2) is 6.19. The number of likely N-dealkylation sites (tertiary alicyclic amines) is 1. The molecular weight excluding hydrogens is 340 g/mol. The zero-order valence-electron chi connectivity index (χ0n) is 14.0. The number of carbonyl (C=O) groups is 2. The highest BCUT2D eigenvalue weighted by Gasteiger charge is 2.36. The third-order valence-corrected chi connectivity index (χ3v) is 5.32. The number of aryl methyl sites for hydroxylation is 1. The van der Waals surface area contributed by atoms with Gasteiger partial charge in [-0.05, 0) is 44.0 Å². The second-order valence-corrected chi connectivity index (χ2v) is 7.01. The van der Waals surface area contributed by atoms with Gasteiger partial charge in [-0.15, -0.1) is 0 Å². The van der Waals surface area contributed by atoms with Crippen LogP contribution in [0.25, 0.3) is 0 Å². The summed E-state index contributed by atoms with van der Waals surface area (Å²) in [5.41, 5.74) is 1.60. The Morgan fingerprint density at radius 2 is 1.88 bits per heavy atom. The lowest BCUT2D eigenvalue weighted by molar-refractivity contribution is 0.0656. The van der Waals surface area contributed by atoms with Crippen molar-refractivity contribution in [2.75, 3.05) is 13.1 Å². The summed E-state index contributed by atoms with van der Waals surface area (Å²) < 4.78 is 1.69. The standard InChI is InChI=1S/C18H19ClN4O2/c1-12-20-10-16-11-22(18(25)23(12)16)15-6-8-21(9-7-15)17(24)13-2-4-14(19)5-3-13/h2-5,10,15H,6-9,11H2,1H3. The molecule has 0 unspecified atom stereocenters. The summed E-state index contributed by atoms with van der Waals surface area (Å²) in [6.45, 7) is 3.76. The van der Waals surface area contributed by atoms with E-state index in [-0.39, 0.29) is 18.0 Å². The summed E-state index contributed by atoms with van der Waals surface area (Å²) in [7, 11) is 0. The van der Waals surface area contributed by atoms with Gasteiger partial charge in [-0.25, -0.2) is 9.78 Å². The molecule has 2 aromatic rings. The molecule has 0 bridgehead atoms. The van der Waals surface area contributed by atoms with Crippen LogP contribution in [0, 0.1) is 6.92 Å². The van der Waals surface area contributed by atoms with E-state index in [9.17, 15) is 9.59 Å². The molecule has 6 nitrogen and oxygen atoms in total. The van der Waals surface area contributed by atoms with Gasteiger partial charge in [0.2, 0.25) is 0 Å². The van der Waals surface area contributed by atoms with E-state index in [1.54, 1.807) is 35.0 Å². The molecule has 1 aromatic carbocycles. The topological polar surface area (TPSA) is 58.4 Å². The Labute approximate surface area is 151 Å². The molecule has 130 valence electrons. The second-order valence-electron chi connectivity index (χ2n) is 6.57. The average molecular weight is 359 g/mol. The molecule has 7 heteroatoms. The van der Waals surface area contributed by atoms with Gasteiger partial charge in [0.05, 0.1) is 18.4 Å². The number of nitrogens with zero attached hydrogens (tertiary/aromatic N) is 4. The Balaban J connectivity index is 1.40. The molecule has 2 aliphatic heterocycles. The Hall–Kier alpha value is -2.34. The van der Waals surface area contributed by atoms with E-state index in [0.29, 0.717) is 30.2 Å². The van der Waals surface area contributed by atoms with Crippen molar-refractivity contribution in [1.82, 2.24) is 19.4 Å². The van der Waals surface area contributed by atoms with Crippen molar-refractivity contribution < 1.29 is 9.59 Å². The van der Waals surface area contributed by atoms with Gasteiger partial charge in [-0.2, -0.15) is 0 Å². The quantitative estimate of drug-likeness (QED) is 0.829. The van der Waals surface area contributed by atoms with E-state index in [4.69, 9.17) is 11.6 Å². The molecule has 0 saturated carbocycles. The number of aromatic nitrogens is 2. The Bertz CT molecular complexity index is 822. The van der Waals surface area contributed by atoms with Crippen LogP contribution in [0.2, 0.25) is 5.02 Å². The number of halogens is 1. The zero-order chi connectivity index (χ0) is 17.6. The smallest absolute Gasteiger partial charge is 0.330 e. The van der Waals surface area contributed by atoms with Gasteiger partial charge in [0, 0.05) is 29.7 Å². The highest BCUT2D eigenvalue weighted by molar-refractivity contribution is 6.30. The summed E-state index contributed by atoms with van der Waals surface area (Å²) in [4.78, 5) is 33.1. The van der Waals surface area contributed by atoms with E-state index in [2.05, 4.69) is 4.98 Å².